The molecule has 1 aromatic carbocycles. The van der Waals surface area contributed by atoms with Gasteiger partial charge in [-0.25, -0.2) is 0 Å². The molecule has 1 N–H and O–H groups in total. The van der Waals surface area contributed by atoms with E-state index < -0.39 is 0 Å². The van der Waals surface area contributed by atoms with Gasteiger partial charge in [-0.1, -0.05) is 22.4 Å². The van der Waals surface area contributed by atoms with Gasteiger partial charge < -0.3 is 14.6 Å². The van der Waals surface area contributed by atoms with Gasteiger partial charge in [0.15, 0.2) is 11.5 Å². The number of halogens is 1. The lowest BCUT2D eigenvalue weighted by molar-refractivity contribution is 0.109. The molecule has 21 heavy (non-hydrogen) atoms. The molecule has 1 saturated carbocycles. The van der Waals surface area contributed by atoms with Crippen molar-refractivity contribution in [3.05, 3.63) is 22.2 Å². The van der Waals surface area contributed by atoms with Crippen molar-refractivity contribution in [2.24, 2.45) is 0 Å². The fraction of sp³-hybridized carbons (Fsp3) is 0.625. The third-order valence-corrected chi connectivity index (χ3v) is 5.02. The summed E-state index contributed by atoms with van der Waals surface area (Å²) in [6, 6.07) is 4.76. The molecule has 0 aromatic heterocycles. The number of hydrogen-bond donors (Lipinski definition) is 1. The van der Waals surface area contributed by atoms with Gasteiger partial charge in [0.05, 0.1) is 0 Å². The summed E-state index contributed by atoms with van der Waals surface area (Å²) in [5, 5.41) is 9.09. The van der Waals surface area contributed by atoms with Crippen LogP contribution in [0.3, 0.4) is 0 Å². The van der Waals surface area contributed by atoms with Crippen LogP contribution in [-0.4, -0.2) is 42.4 Å². The summed E-state index contributed by atoms with van der Waals surface area (Å²) in [4.78, 5) is 2.48. The van der Waals surface area contributed by atoms with Crippen molar-refractivity contribution in [3.8, 4) is 11.5 Å². The monoisotopic (exact) mass is 355 g/mol. The number of rotatable bonds is 6. The number of nitrogens with zero attached hydrogens (tertiary/aromatic N) is 1. The first-order valence-corrected chi connectivity index (χ1v) is 8.50. The Balaban J connectivity index is 1.75. The van der Waals surface area contributed by atoms with Gasteiger partial charge in [0.2, 0.25) is 0 Å². The molecule has 0 atom stereocenters. The highest BCUT2D eigenvalue weighted by atomic mass is 79.9. The highest BCUT2D eigenvalue weighted by Crippen LogP contribution is 2.37. The van der Waals surface area contributed by atoms with Gasteiger partial charge in [0.25, 0.3) is 0 Å². The van der Waals surface area contributed by atoms with Crippen LogP contribution in [0, 0.1) is 0 Å². The van der Waals surface area contributed by atoms with Gasteiger partial charge in [-0.3, -0.25) is 4.90 Å². The van der Waals surface area contributed by atoms with Crippen LogP contribution in [0.2, 0.25) is 0 Å². The van der Waals surface area contributed by atoms with E-state index in [1.54, 1.807) is 0 Å². The van der Waals surface area contributed by atoms with E-state index in [9.17, 15) is 0 Å². The third kappa shape index (κ3) is 3.52. The molecule has 0 spiro atoms. The lowest BCUT2D eigenvalue weighted by Gasteiger charge is -2.38. The molecule has 0 radical (unpaired) electrons. The van der Waals surface area contributed by atoms with E-state index in [-0.39, 0.29) is 6.61 Å². The van der Waals surface area contributed by atoms with E-state index in [1.165, 1.54) is 24.8 Å². The van der Waals surface area contributed by atoms with Gasteiger partial charge in [-0.2, -0.15) is 0 Å². The summed E-state index contributed by atoms with van der Waals surface area (Å²) >= 11 is 3.65. The Labute approximate surface area is 134 Å². The quantitative estimate of drug-likeness (QED) is 0.851. The van der Waals surface area contributed by atoms with E-state index in [0.717, 1.165) is 35.5 Å². The highest BCUT2D eigenvalue weighted by Gasteiger charge is 2.25. The molecule has 4 nitrogen and oxygen atoms in total. The zero-order chi connectivity index (χ0) is 14.7. The first kappa shape index (κ1) is 15.1. The van der Waals surface area contributed by atoms with Crippen LogP contribution in [0.1, 0.15) is 31.2 Å². The van der Waals surface area contributed by atoms with Crippen LogP contribution >= 0.6 is 15.9 Å². The van der Waals surface area contributed by atoms with Gasteiger partial charge >= 0.3 is 0 Å². The van der Waals surface area contributed by atoms with Crippen LogP contribution in [0.15, 0.2) is 16.6 Å². The molecule has 0 saturated heterocycles. The summed E-state index contributed by atoms with van der Waals surface area (Å²) in [5.41, 5.74) is 1.23. The van der Waals surface area contributed by atoms with Crippen molar-refractivity contribution in [2.45, 2.75) is 38.3 Å². The van der Waals surface area contributed by atoms with Gasteiger partial charge in [-0.05, 0) is 37.0 Å². The molecule has 2 aliphatic rings. The number of hydrogen-bond acceptors (Lipinski definition) is 4. The molecule has 1 aliphatic carbocycles. The summed E-state index contributed by atoms with van der Waals surface area (Å²) in [6.07, 6.45) is 4.70. The average molecular weight is 356 g/mol. The summed E-state index contributed by atoms with van der Waals surface area (Å²) in [7, 11) is 0. The molecule has 0 bridgehead atoms. The smallest absolute Gasteiger partial charge is 0.162 e. The SMILES string of the molecule is OCCCN(Cc1cc2c(cc1Br)OCCO2)C1CCC1. The number of benzene rings is 1. The van der Waals surface area contributed by atoms with Crippen LogP contribution < -0.4 is 9.47 Å². The molecule has 1 aliphatic heterocycles. The lowest BCUT2D eigenvalue weighted by Crippen LogP contribution is -2.40. The molecule has 116 valence electrons. The van der Waals surface area contributed by atoms with E-state index >= 15 is 0 Å². The zero-order valence-electron chi connectivity index (χ0n) is 12.2. The Morgan fingerprint density at radius 1 is 1.19 bits per heavy atom. The first-order valence-electron chi connectivity index (χ1n) is 7.71. The van der Waals surface area contributed by atoms with E-state index in [1.807, 2.05) is 6.07 Å². The van der Waals surface area contributed by atoms with Gasteiger partial charge in [-0.15, -0.1) is 0 Å². The lowest BCUT2D eigenvalue weighted by atomic mass is 9.91. The van der Waals surface area contributed by atoms with Crippen LogP contribution in [-0.2, 0) is 6.54 Å². The van der Waals surface area contributed by atoms with Crippen molar-refractivity contribution in [2.75, 3.05) is 26.4 Å². The number of aliphatic hydroxyl groups excluding tert-OH is 1. The molecule has 1 fully saturated rings. The fourth-order valence-electron chi connectivity index (χ4n) is 2.86. The molecule has 0 unspecified atom stereocenters. The number of aliphatic hydroxyl groups is 1. The van der Waals surface area contributed by atoms with Crippen LogP contribution in [0.4, 0.5) is 0 Å². The molecule has 0 amide bonds. The molecule has 1 heterocycles. The number of ether oxygens (including phenoxy) is 2. The second-order valence-electron chi connectivity index (χ2n) is 5.72. The van der Waals surface area contributed by atoms with Gasteiger partial charge in [0.1, 0.15) is 13.2 Å². The molecular weight excluding hydrogens is 334 g/mol. The molecule has 5 heteroatoms. The second kappa shape index (κ2) is 6.99. The molecular formula is C16H22BrNO3. The van der Waals surface area contributed by atoms with E-state index in [4.69, 9.17) is 14.6 Å². The van der Waals surface area contributed by atoms with E-state index in [0.29, 0.717) is 19.3 Å². The summed E-state index contributed by atoms with van der Waals surface area (Å²) in [6.45, 7) is 3.32. The maximum Gasteiger partial charge on any atom is 0.162 e. The fourth-order valence-corrected chi connectivity index (χ4v) is 3.31. The van der Waals surface area contributed by atoms with Crippen LogP contribution in [0.5, 0.6) is 11.5 Å². The number of fused-ring (bicyclic) bond motifs is 1. The van der Waals surface area contributed by atoms with Crippen LogP contribution in [0.25, 0.3) is 0 Å². The molecule has 1 aromatic rings. The summed E-state index contributed by atoms with van der Waals surface area (Å²) in [5.74, 6) is 1.66. The predicted octanol–water partition coefficient (Wildman–Crippen LogP) is 2.96. The van der Waals surface area contributed by atoms with Crippen molar-refractivity contribution < 1.29 is 14.6 Å². The Morgan fingerprint density at radius 3 is 2.52 bits per heavy atom. The minimum Gasteiger partial charge on any atom is -0.486 e. The minimum absolute atomic E-state index is 0.255. The Kier molecular flexibility index (Phi) is 5.03. The predicted molar refractivity (Wildman–Crippen MR) is 84.9 cm³/mol. The standard InChI is InChI=1S/C16H22BrNO3/c17-14-10-16-15(20-7-8-21-16)9-12(14)11-18(5-2-6-19)13-3-1-4-13/h9-10,13,19H,1-8,11H2. The Morgan fingerprint density at radius 2 is 1.90 bits per heavy atom. The van der Waals surface area contributed by atoms with Crippen molar-refractivity contribution in [1.29, 1.82) is 0 Å². The maximum absolute atomic E-state index is 9.09. The van der Waals surface area contributed by atoms with E-state index in [2.05, 4.69) is 26.9 Å². The largest absolute Gasteiger partial charge is 0.486 e. The van der Waals surface area contributed by atoms with Crippen molar-refractivity contribution in [1.82, 2.24) is 4.90 Å². The second-order valence-corrected chi connectivity index (χ2v) is 6.57. The molecule has 3 rings (SSSR count). The topological polar surface area (TPSA) is 41.9 Å². The Bertz CT molecular complexity index is 491. The average Bonchev–Trinajstić information content (AvgIpc) is 2.43. The van der Waals surface area contributed by atoms with Crippen molar-refractivity contribution >= 4 is 15.9 Å². The third-order valence-electron chi connectivity index (χ3n) is 4.28. The van der Waals surface area contributed by atoms with Gasteiger partial charge in [0, 0.05) is 30.2 Å². The minimum atomic E-state index is 0.255. The highest BCUT2D eigenvalue weighted by molar-refractivity contribution is 9.10. The normalized spacial score (nSPS) is 17.9. The Hall–Kier alpha value is -0.780. The van der Waals surface area contributed by atoms with Crippen molar-refractivity contribution in [3.63, 3.8) is 0 Å². The first-order chi connectivity index (χ1) is 10.3. The maximum atomic E-state index is 9.09. The summed E-state index contributed by atoms with van der Waals surface area (Å²) < 4.78 is 12.4. The zero-order valence-corrected chi connectivity index (χ0v) is 13.8.